The Bertz CT molecular complexity index is 251. The van der Waals surface area contributed by atoms with Crippen molar-refractivity contribution in [2.75, 3.05) is 6.61 Å². The highest BCUT2D eigenvalue weighted by atomic mass is 16.6. The highest BCUT2D eigenvalue weighted by Crippen LogP contribution is 2.25. The second-order valence-corrected chi connectivity index (χ2v) is 2.50. The molecule has 1 atom stereocenters. The van der Waals surface area contributed by atoms with Crippen LogP contribution in [0.1, 0.15) is 13.8 Å². The van der Waals surface area contributed by atoms with E-state index < -0.39 is 0 Å². The van der Waals surface area contributed by atoms with Gasteiger partial charge in [0.1, 0.15) is 6.10 Å². The van der Waals surface area contributed by atoms with E-state index in [0.29, 0.717) is 12.2 Å². The first kappa shape index (κ1) is 8.93. The van der Waals surface area contributed by atoms with Gasteiger partial charge in [0.25, 0.3) is 5.70 Å². The van der Waals surface area contributed by atoms with Gasteiger partial charge in [0.15, 0.2) is 0 Å². The molecule has 0 radical (unpaired) electrons. The van der Waals surface area contributed by atoms with Crippen molar-refractivity contribution in [3.63, 3.8) is 0 Å². The number of allylic oxidation sites excluding steroid dienone is 2. The van der Waals surface area contributed by atoms with Gasteiger partial charge in [-0.15, -0.1) is 0 Å². The molecule has 12 heavy (non-hydrogen) atoms. The van der Waals surface area contributed by atoms with Crippen LogP contribution >= 0.6 is 0 Å². The predicted octanol–water partition coefficient (Wildman–Crippen LogP) is 1.51. The fraction of sp³-hybridized carbons (Fsp3) is 0.500. The molecule has 1 rings (SSSR count). The van der Waals surface area contributed by atoms with Gasteiger partial charge in [-0.1, -0.05) is 6.08 Å². The molecule has 1 aliphatic heterocycles. The molecule has 1 unspecified atom stereocenters. The minimum absolute atomic E-state index is 0.0494. The van der Waals surface area contributed by atoms with Gasteiger partial charge in [0, 0.05) is 0 Å². The smallest absolute Gasteiger partial charge is 0.270 e. The van der Waals surface area contributed by atoms with E-state index in [-0.39, 0.29) is 16.7 Å². The summed E-state index contributed by atoms with van der Waals surface area (Å²) in [4.78, 5) is 10.1. The molecular weight excluding hydrogens is 158 g/mol. The average Bonchev–Trinajstić information content (AvgIpc) is 2.81. The molecule has 1 fully saturated rings. The standard InChI is InChI=1S/C8H11NO3/c1-3-6(8-5-12-8)7(4-2)9(10)11/h3-4,8H,5H2,1-2H3/b6-3+,7-4+. The Kier molecular flexibility index (Phi) is 2.60. The Morgan fingerprint density at radius 1 is 1.58 bits per heavy atom. The van der Waals surface area contributed by atoms with Crippen molar-refractivity contribution in [1.29, 1.82) is 0 Å². The van der Waals surface area contributed by atoms with Crippen LogP contribution in [0.3, 0.4) is 0 Å². The topological polar surface area (TPSA) is 55.7 Å². The third-order valence-corrected chi connectivity index (χ3v) is 1.76. The summed E-state index contributed by atoms with van der Waals surface area (Å²) in [5.74, 6) is 0. The number of epoxide rings is 1. The van der Waals surface area contributed by atoms with Crippen molar-refractivity contribution in [1.82, 2.24) is 0 Å². The van der Waals surface area contributed by atoms with E-state index in [1.807, 2.05) is 0 Å². The highest BCUT2D eigenvalue weighted by Gasteiger charge is 2.33. The summed E-state index contributed by atoms with van der Waals surface area (Å²) in [7, 11) is 0. The number of ether oxygens (including phenoxy) is 1. The fourth-order valence-corrected chi connectivity index (χ4v) is 1.10. The minimum Gasteiger partial charge on any atom is -0.368 e. The van der Waals surface area contributed by atoms with Crippen molar-refractivity contribution in [3.8, 4) is 0 Å². The lowest BCUT2D eigenvalue weighted by atomic mass is 10.1. The number of rotatable bonds is 3. The normalized spacial score (nSPS) is 24.0. The predicted molar refractivity (Wildman–Crippen MR) is 44.2 cm³/mol. The third kappa shape index (κ3) is 1.71. The summed E-state index contributed by atoms with van der Waals surface area (Å²) in [5.41, 5.74) is 0.836. The molecule has 66 valence electrons. The van der Waals surface area contributed by atoms with Crippen molar-refractivity contribution < 1.29 is 9.66 Å². The minimum atomic E-state index is -0.378. The van der Waals surface area contributed by atoms with Crippen molar-refractivity contribution >= 4 is 0 Å². The van der Waals surface area contributed by atoms with Crippen LogP contribution in [0.25, 0.3) is 0 Å². The first-order valence-electron chi connectivity index (χ1n) is 3.79. The van der Waals surface area contributed by atoms with E-state index in [1.165, 1.54) is 6.08 Å². The van der Waals surface area contributed by atoms with Gasteiger partial charge < -0.3 is 4.74 Å². The molecule has 0 aromatic rings. The molecule has 0 bridgehead atoms. The molecule has 0 aromatic heterocycles. The van der Waals surface area contributed by atoms with Crippen LogP contribution in [-0.4, -0.2) is 17.6 Å². The van der Waals surface area contributed by atoms with E-state index in [2.05, 4.69) is 0 Å². The molecule has 0 saturated carbocycles. The van der Waals surface area contributed by atoms with Gasteiger partial charge >= 0.3 is 0 Å². The quantitative estimate of drug-likeness (QED) is 0.278. The Morgan fingerprint density at radius 2 is 2.17 bits per heavy atom. The lowest BCUT2D eigenvalue weighted by Gasteiger charge is -1.98. The van der Waals surface area contributed by atoms with Gasteiger partial charge in [-0.05, 0) is 19.9 Å². The van der Waals surface area contributed by atoms with Gasteiger partial charge in [-0.2, -0.15) is 0 Å². The van der Waals surface area contributed by atoms with Crippen LogP contribution in [-0.2, 0) is 4.74 Å². The van der Waals surface area contributed by atoms with Crippen LogP contribution in [0.15, 0.2) is 23.4 Å². The second-order valence-electron chi connectivity index (χ2n) is 2.50. The van der Waals surface area contributed by atoms with E-state index in [1.54, 1.807) is 19.9 Å². The van der Waals surface area contributed by atoms with E-state index in [9.17, 15) is 10.1 Å². The lowest BCUT2D eigenvalue weighted by molar-refractivity contribution is -0.421. The van der Waals surface area contributed by atoms with Crippen LogP contribution in [0.5, 0.6) is 0 Å². The molecule has 0 N–H and O–H groups in total. The van der Waals surface area contributed by atoms with E-state index >= 15 is 0 Å². The largest absolute Gasteiger partial charge is 0.368 e. The summed E-state index contributed by atoms with van der Waals surface area (Å²) in [6, 6.07) is 0. The van der Waals surface area contributed by atoms with Gasteiger partial charge in [0.2, 0.25) is 0 Å². The maximum atomic E-state index is 10.5. The molecule has 0 spiro atoms. The molecule has 0 amide bonds. The Balaban J connectivity index is 2.83. The summed E-state index contributed by atoms with van der Waals surface area (Å²) in [6.45, 7) is 4.04. The maximum absolute atomic E-state index is 10.5. The van der Waals surface area contributed by atoms with Crippen molar-refractivity contribution in [2.24, 2.45) is 0 Å². The Hall–Kier alpha value is -1.16. The molecule has 0 aromatic carbocycles. The van der Waals surface area contributed by atoms with Crippen LogP contribution in [0.4, 0.5) is 0 Å². The first-order chi connectivity index (χ1) is 5.70. The molecule has 4 nitrogen and oxygen atoms in total. The highest BCUT2D eigenvalue weighted by molar-refractivity contribution is 5.30. The van der Waals surface area contributed by atoms with Gasteiger partial charge in [-0.3, -0.25) is 10.1 Å². The van der Waals surface area contributed by atoms with Crippen LogP contribution in [0.2, 0.25) is 0 Å². The summed E-state index contributed by atoms with van der Waals surface area (Å²) >= 11 is 0. The number of nitrogens with zero attached hydrogens (tertiary/aromatic N) is 1. The third-order valence-electron chi connectivity index (χ3n) is 1.76. The first-order valence-corrected chi connectivity index (χ1v) is 3.79. The van der Waals surface area contributed by atoms with Crippen LogP contribution < -0.4 is 0 Å². The lowest BCUT2D eigenvalue weighted by Crippen LogP contribution is -2.06. The Labute approximate surface area is 70.7 Å². The molecule has 4 heteroatoms. The summed E-state index contributed by atoms with van der Waals surface area (Å²) in [6.07, 6.45) is 3.18. The number of hydrogen-bond acceptors (Lipinski definition) is 3. The zero-order chi connectivity index (χ0) is 9.14. The summed E-state index contributed by atoms with van der Waals surface area (Å²) < 4.78 is 4.98. The second kappa shape index (κ2) is 3.49. The number of hydrogen-bond donors (Lipinski definition) is 0. The molecule has 1 heterocycles. The maximum Gasteiger partial charge on any atom is 0.270 e. The molecule has 1 saturated heterocycles. The van der Waals surface area contributed by atoms with Crippen molar-refractivity contribution in [2.45, 2.75) is 20.0 Å². The average molecular weight is 169 g/mol. The number of nitro groups is 1. The van der Waals surface area contributed by atoms with Gasteiger partial charge in [-0.25, -0.2) is 0 Å². The fourth-order valence-electron chi connectivity index (χ4n) is 1.10. The van der Waals surface area contributed by atoms with E-state index in [0.717, 1.165) is 0 Å². The zero-order valence-electron chi connectivity index (χ0n) is 7.11. The summed E-state index contributed by atoms with van der Waals surface area (Å²) in [5, 5.41) is 10.5. The van der Waals surface area contributed by atoms with Crippen LogP contribution in [0, 0.1) is 10.1 Å². The zero-order valence-corrected chi connectivity index (χ0v) is 7.11. The molecule has 1 aliphatic rings. The monoisotopic (exact) mass is 169 g/mol. The molecule has 0 aliphatic carbocycles. The van der Waals surface area contributed by atoms with Crippen molar-refractivity contribution in [3.05, 3.63) is 33.5 Å². The van der Waals surface area contributed by atoms with Gasteiger partial charge in [0.05, 0.1) is 17.1 Å². The van der Waals surface area contributed by atoms with E-state index in [4.69, 9.17) is 4.74 Å². The SMILES string of the molecule is C/C=C(\C(=C/C)[N+](=O)[O-])C1CO1. The molecular formula is C8H11NO3. The Morgan fingerprint density at radius 3 is 2.42 bits per heavy atom.